The van der Waals surface area contributed by atoms with E-state index in [-0.39, 0.29) is 0 Å². The van der Waals surface area contributed by atoms with Crippen LogP contribution in [0.2, 0.25) is 0 Å². The molecule has 1 unspecified atom stereocenters. The molecule has 19 heavy (non-hydrogen) atoms. The van der Waals surface area contributed by atoms with E-state index in [0.29, 0.717) is 6.04 Å². The highest BCUT2D eigenvalue weighted by Gasteiger charge is 2.21. The van der Waals surface area contributed by atoms with Gasteiger partial charge in [0, 0.05) is 13.1 Å². The molecule has 1 heterocycles. The number of hydrogen-bond donors (Lipinski definition) is 1. The van der Waals surface area contributed by atoms with Gasteiger partial charge in [-0.2, -0.15) is 0 Å². The van der Waals surface area contributed by atoms with Crippen LogP contribution < -0.4 is 5.32 Å². The third-order valence-electron chi connectivity index (χ3n) is 4.50. The summed E-state index contributed by atoms with van der Waals surface area (Å²) in [5.41, 5.74) is 2.27. The quantitative estimate of drug-likeness (QED) is 0.902. The zero-order chi connectivity index (χ0) is 13.2. The predicted octanol–water partition coefficient (Wildman–Crippen LogP) is 3.95. The molecule has 0 radical (unpaired) electrons. The smallest absolute Gasteiger partial charge is 0.203 e. The third kappa shape index (κ3) is 2.46. The lowest BCUT2D eigenvalue weighted by molar-refractivity contribution is 0.327. The average Bonchev–Trinajstić information content (AvgIpc) is 2.77. The van der Waals surface area contributed by atoms with Crippen LogP contribution in [0.15, 0.2) is 24.3 Å². The number of hydrogen-bond acceptors (Lipinski definition) is 2. The Kier molecular flexibility index (Phi) is 3.45. The van der Waals surface area contributed by atoms with Gasteiger partial charge in [0.1, 0.15) is 0 Å². The first-order valence-electron chi connectivity index (χ1n) is 7.43. The standard InChI is InChI=1S/C16H23N3/c1-12(13-8-4-3-5-9-13)17-16-18-14-10-6-7-11-15(14)19(16)2/h6-7,10-13H,3-5,8-9H2,1-2H3,(H,17,18). The van der Waals surface area contributed by atoms with Crippen molar-refractivity contribution in [3.05, 3.63) is 24.3 Å². The van der Waals surface area contributed by atoms with Crippen molar-refractivity contribution >= 4 is 17.0 Å². The fourth-order valence-electron chi connectivity index (χ4n) is 3.23. The highest BCUT2D eigenvalue weighted by molar-refractivity contribution is 5.78. The average molecular weight is 257 g/mol. The van der Waals surface area contributed by atoms with Crippen molar-refractivity contribution in [2.75, 3.05) is 5.32 Å². The molecule has 1 aliphatic rings. The van der Waals surface area contributed by atoms with Gasteiger partial charge in [0.15, 0.2) is 0 Å². The number of nitrogens with zero attached hydrogens (tertiary/aromatic N) is 2. The lowest BCUT2D eigenvalue weighted by atomic mass is 9.85. The number of nitrogens with one attached hydrogen (secondary N) is 1. The first kappa shape index (κ1) is 12.5. The van der Waals surface area contributed by atoms with Crippen molar-refractivity contribution in [2.24, 2.45) is 13.0 Å². The van der Waals surface area contributed by atoms with Gasteiger partial charge in [0.2, 0.25) is 5.95 Å². The van der Waals surface area contributed by atoms with E-state index in [4.69, 9.17) is 4.98 Å². The minimum Gasteiger partial charge on any atom is -0.353 e. The van der Waals surface area contributed by atoms with Crippen molar-refractivity contribution < 1.29 is 0 Å². The van der Waals surface area contributed by atoms with Gasteiger partial charge in [-0.05, 0) is 37.8 Å². The van der Waals surface area contributed by atoms with Gasteiger partial charge in [0.25, 0.3) is 0 Å². The molecule has 1 N–H and O–H groups in total. The molecule has 1 atom stereocenters. The molecule has 1 aromatic heterocycles. The Bertz CT molecular complexity index is 552. The molecule has 0 amide bonds. The molecular formula is C16H23N3. The molecular weight excluding hydrogens is 234 g/mol. The maximum absolute atomic E-state index is 4.70. The number of aromatic nitrogens is 2. The molecule has 3 nitrogen and oxygen atoms in total. The number of rotatable bonds is 3. The zero-order valence-corrected chi connectivity index (χ0v) is 11.9. The second-order valence-electron chi connectivity index (χ2n) is 5.81. The minimum absolute atomic E-state index is 0.510. The van der Waals surface area contributed by atoms with Crippen LogP contribution in [-0.4, -0.2) is 15.6 Å². The van der Waals surface area contributed by atoms with E-state index >= 15 is 0 Å². The van der Waals surface area contributed by atoms with Gasteiger partial charge in [-0.1, -0.05) is 31.4 Å². The van der Waals surface area contributed by atoms with E-state index in [2.05, 4.69) is 42.1 Å². The summed E-state index contributed by atoms with van der Waals surface area (Å²) in [5.74, 6) is 1.80. The summed E-state index contributed by atoms with van der Waals surface area (Å²) in [6.07, 6.45) is 6.91. The fourth-order valence-corrected chi connectivity index (χ4v) is 3.23. The Labute approximate surface area is 115 Å². The molecule has 1 aliphatic carbocycles. The molecule has 1 fully saturated rings. The van der Waals surface area contributed by atoms with Gasteiger partial charge < -0.3 is 9.88 Å². The molecule has 0 aliphatic heterocycles. The van der Waals surface area contributed by atoms with E-state index in [0.717, 1.165) is 17.4 Å². The van der Waals surface area contributed by atoms with Crippen molar-refractivity contribution in [3.8, 4) is 0 Å². The van der Waals surface area contributed by atoms with E-state index in [9.17, 15) is 0 Å². The summed E-state index contributed by atoms with van der Waals surface area (Å²) in [5, 5.41) is 3.62. The molecule has 3 rings (SSSR count). The Morgan fingerprint density at radius 2 is 1.95 bits per heavy atom. The van der Waals surface area contributed by atoms with E-state index in [1.54, 1.807) is 0 Å². The lowest BCUT2D eigenvalue weighted by Gasteiger charge is -2.28. The van der Waals surface area contributed by atoms with Gasteiger partial charge in [-0.3, -0.25) is 0 Å². The summed E-state index contributed by atoms with van der Waals surface area (Å²) < 4.78 is 2.16. The van der Waals surface area contributed by atoms with Crippen LogP contribution in [0.5, 0.6) is 0 Å². The number of anilines is 1. The van der Waals surface area contributed by atoms with Crippen molar-refractivity contribution in [3.63, 3.8) is 0 Å². The van der Waals surface area contributed by atoms with Crippen LogP contribution in [0.1, 0.15) is 39.0 Å². The second-order valence-corrected chi connectivity index (χ2v) is 5.81. The monoisotopic (exact) mass is 257 g/mol. The summed E-state index contributed by atoms with van der Waals surface area (Å²) in [6.45, 7) is 2.30. The van der Waals surface area contributed by atoms with Gasteiger partial charge in [-0.25, -0.2) is 4.98 Å². The number of para-hydroxylation sites is 2. The van der Waals surface area contributed by atoms with E-state index in [1.165, 1.54) is 37.6 Å². The Morgan fingerprint density at radius 3 is 2.68 bits per heavy atom. The highest BCUT2D eigenvalue weighted by atomic mass is 15.2. The Balaban J connectivity index is 1.78. The first-order chi connectivity index (χ1) is 9.25. The molecule has 0 bridgehead atoms. The Hall–Kier alpha value is -1.51. The van der Waals surface area contributed by atoms with E-state index < -0.39 is 0 Å². The van der Waals surface area contributed by atoms with Crippen LogP contribution in [0.3, 0.4) is 0 Å². The molecule has 2 aromatic rings. The largest absolute Gasteiger partial charge is 0.353 e. The SMILES string of the molecule is CC(Nc1nc2ccccc2n1C)C1CCCCC1. The molecule has 0 saturated heterocycles. The number of benzene rings is 1. The fraction of sp³-hybridized carbons (Fsp3) is 0.562. The minimum atomic E-state index is 0.510. The zero-order valence-electron chi connectivity index (χ0n) is 11.9. The normalized spacial score (nSPS) is 18.6. The molecule has 1 aromatic carbocycles. The molecule has 1 saturated carbocycles. The van der Waals surface area contributed by atoms with Gasteiger partial charge >= 0.3 is 0 Å². The summed E-state index contributed by atoms with van der Waals surface area (Å²) in [6, 6.07) is 8.82. The first-order valence-corrected chi connectivity index (χ1v) is 7.43. The van der Waals surface area contributed by atoms with Crippen LogP contribution in [0, 0.1) is 5.92 Å². The predicted molar refractivity (Wildman–Crippen MR) is 80.4 cm³/mol. The van der Waals surface area contributed by atoms with E-state index in [1.807, 2.05) is 6.07 Å². The number of aryl methyl sites for hydroxylation is 1. The van der Waals surface area contributed by atoms with Crippen LogP contribution in [0.25, 0.3) is 11.0 Å². The molecule has 102 valence electrons. The van der Waals surface area contributed by atoms with Gasteiger partial charge in [0.05, 0.1) is 11.0 Å². The van der Waals surface area contributed by atoms with Crippen LogP contribution in [-0.2, 0) is 7.05 Å². The van der Waals surface area contributed by atoms with Crippen LogP contribution in [0.4, 0.5) is 5.95 Å². The highest BCUT2D eigenvalue weighted by Crippen LogP contribution is 2.28. The van der Waals surface area contributed by atoms with Crippen molar-refractivity contribution in [1.82, 2.24) is 9.55 Å². The van der Waals surface area contributed by atoms with Crippen molar-refractivity contribution in [2.45, 2.75) is 45.1 Å². The maximum Gasteiger partial charge on any atom is 0.203 e. The summed E-state index contributed by atoms with van der Waals surface area (Å²) >= 11 is 0. The third-order valence-corrected chi connectivity index (χ3v) is 4.50. The molecule has 3 heteroatoms. The summed E-state index contributed by atoms with van der Waals surface area (Å²) in [4.78, 5) is 4.70. The topological polar surface area (TPSA) is 29.9 Å². The van der Waals surface area contributed by atoms with Crippen molar-refractivity contribution in [1.29, 1.82) is 0 Å². The number of imidazole rings is 1. The summed E-state index contributed by atoms with van der Waals surface area (Å²) in [7, 11) is 2.09. The lowest BCUT2D eigenvalue weighted by Crippen LogP contribution is -2.28. The second kappa shape index (κ2) is 5.24. The molecule has 0 spiro atoms. The van der Waals surface area contributed by atoms with Crippen LogP contribution >= 0.6 is 0 Å². The van der Waals surface area contributed by atoms with Gasteiger partial charge in [-0.15, -0.1) is 0 Å². The Morgan fingerprint density at radius 1 is 1.21 bits per heavy atom. The maximum atomic E-state index is 4.70. The number of fused-ring (bicyclic) bond motifs is 1.